The lowest BCUT2D eigenvalue weighted by Gasteiger charge is -2.16. The van der Waals surface area contributed by atoms with Gasteiger partial charge in [0.2, 0.25) is 0 Å². The quantitative estimate of drug-likeness (QED) is 0.705. The Kier molecular flexibility index (Phi) is 3.97. The van der Waals surface area contributed by atoms with Crippen LogP contribution in [0.15, 0.2) is 42.5 Å². The zero-order chi connectivity index (χ0) is 18.3. The first-order valence-corrected chi connectivity index (χ1v) is 8.42. The molecular weight excluding hydrogens is 339 g/mol. The van der Waals surface area contributed by atoms with Gasteiger partial charge in [-0.3, -0.25) is 0 Å². The molecule has 0 amide bonds. The second-order valence-corrected chi connectivity index (χ2v) is 6.40. The number of nitrogens with zero attached hydrogens (tertiary/aromatic N) is 2. The Morgan fingerprint density at radius 3 is 2.65 bits per heavy atom. The summed E-state index contributed by atoms with van der Waals surface area (Å²) in [4.78, 5) is 0. The molecule has 26 heavy (non-hydrogen) atoms. The number of hydrogen-bond acceptors (Lipinski definition) is 2. The minimum atomic E-state index is -4.53. The number of nitriles is 1. The van der Waals surface area contributed by atoms with Crippen LogP contribution >= 0.6 is 0 Å². The highest BCUT2D eigenvalue weighted by Crippen LogP contribution is 2.40. The van der Waals surface area contributed by atoms with Crippen LogP contribution in [0.25, 0.3) is 22.0 Å². The van der Waals surface area contributed by atoms with E-state index in [1.807, 2.05) is 6.07 Å². The Balaban J connectivity index is 2.01. The first-order chi connectivity index (χ1) is 12.5. The molecule has 132 valence electrons. The minimum Gasteiger partial charge on any atom is -0.343 e. The lowest BCUT2D eigenvalue weighted by Crippen LogP contribution is -2.17. The number of benzene rings is 2. The number of rotatable bonds is 1. The average Bonchev–Trinajstić information content (AvgIpc) is 2.82. The van der Waals surface area contributed by atoms with Crippen LogP contribution in [-0.2, 0) is 19.1 Å². The summed E-state index contributed by atoms with van der Waals surface area (Å²) in [6, 6.07) is 13.1. The molecule has 3 nitrogen and oxygen atoms in total. The molecule has 2 aromatic carbocycles. The SMILES string of the molecule is N#Cc1ccc(-c2cccc3cc4n(c23)CCNCC4)c(C(F)(F)F)c1. The molecule has 0 saturated heterocycles. The van der Waals surface area contributed by atoms with Crippen LogP contribution in [0, 0.1) is 11.3 Å². The molecule has 1 N–H and O–H groups in total. The van der Waals surface area contributed by atoms with Gasteiger partial charge >= 0.3 is 6.18 Å². The third kappa shape index (κ3) is 2.74. The van der Waals surface area contributed by atoms with Crippen molar-refractivity contribution in [3.63, 3.8) is 0 Å². The van der Waals surface area contributed by atoms with E-state index in [1.54, 1.807) is 18.2 Å². The summed E-state index contributed by atoms with van der Waals surface area (Å²) in [7, 11) is 0. The van der Waals surface area contributed by atoms with E-state index >= 15 is 0 Å². The molecule has 0 spiro atoms. The van der Waals surface area contributed by atoms with Gasteiger partial charge in [-0.05, 0) is 23.8 Å². The summed E-state index contributed by atoms with van der Waals surface area (Å²) < 4.78 is 43.1. The molecule has 3 aromatic rings. The minimum absolute atomic E-state index is 0.00596. The molecule has 0 fully saturated rings. The van der Waals surface area contributed by atoms with Gasteiger partial charge in [0.1, 0.15) is 0 Å². The van der Waals surface area contributed by atoms with Crippen molar-refractivity contribution < 1.29 is 13.2 Å². The number of alkyl halides is 3. The van der Waals surface area contributed by atoms with E-state index in [-0.39, 0.29) is 11.1 Å². The van der Waals surface area contributed by atoms with Gasteiger partial charge in [-0.1, -0.05) is 24.3 Å². The van der Waals surface area contributed by atoms with E-state index < -0.39 is 11.7 Å². The molecule has 2 heterocycles. The maximum atomic E-state index is 13.7. The molecule has 0 atom stereocenters. The number of nitrogens with one attached hydrogen (secondary N) is 1. The molecule has 4 rings (SSSR count). The van der Waals surface area contributed by atoms with E-state index in [2.05, 4.69) is 16.0 Å². The Hall–Kier alpha value is -2.78. The smallest absolute Gasteiger partial charge is 0.343 e. The second kappa shape index (κ2) is 6.19. The van der Waals surface area contributed by atoms with Crippen molar-refractivity contribution in [3.8, 4) is 17.2 Å². The molecule has 0 radical (unpaired) electrons. The third-order valence-electron chi connectivity index (χ3n) is 4.82. The van der Waals surface area contributed by atoms with E-state index in [4.69, 9.17) is 5.26 Å². The van der Waals surface area contributed by atoms with Crippen molar-refractivity contribution in [1.82, 2.24) is 9.88 Å². The van der Waals surface area contributed by atoms with Gasteiger partial charge in [0.15, 0.2) is 0 Å². The fourth-order valence-electron chi connectivity index (χ4n) is 3.68. The topological polar surface area (TPSA) is 40.8 Å². The van der Waals surface area contributed by atoms with Crippen molar-refractivity contribution in [2.75, 3.05) is 13.1 Å². The number of hydrogen-bond donors (Lipinski definition) is 1. The van der Waals surface area contributed by atoms with Gasteiger partial charge in [0, 0.05) is 42.7 Å². The highest BCUT2D eigenvalue weighted by molar-refractivity contribution is 5.96. The molecule has 6 heteroatoms. The van der Waals surface area contributed by atoms with Crippen LogP contribution in [0.5, 0.6) is 0 Å². The molecule has 0 saturated carbocycles. The fourth-order valence-corrected chi connectivity index (χ4v) is 3.68. The normalized spacial score (nSPS) is 14.7. The summed E-state index contributed by atoms with van der Waals surface area (Å²) in [5.74, 6) is 0. The molecule has 0 unspecified atom stereocenters. The summed E-state index contributed by atoms with van der Waals surface area (Å²) in [5, 5.41) is 13.2. The van der Waals surface area contributed by atoms with Gasteiger partial charge in [-0.25, -0.2) is 0 Å². The first-order valence-electron chi connectivity index (χ1n) is 8.42. The molecule has 0 aliphatic carbocycles. The monoisotopic (exact) mass is 355 g/mol. The third-order valence-corrected chi connectivity index (χ3v) is 4.82. The van der Waals surface area contributed by atoms with E-state index in [0.29, 0.717) is 12.1 Å². The molecule has 1 aromatic heterocycles. The van der Waals surface area contributed by atoms with E-state index in [1.165, 1.54) is 12.1 Å². The highest BCUT2D eigenvalue weighted by Gasteiger charge is 2.34. The first kappa shape index (κ1) is 16.7. The van der Waals surface area contributed by atoms with Crippen LogP contribution in [0.2, 0.25) is 0 Å². The fraction of sp³-hybridized carbons (Fsp3) is 0.250. The van der Waals surface area contributed by atoms with Crippen molar-refractivity contribution in [2.24, 2.45) is 0 Å². The summed E-state index contributed by atoms with van der Waals surface area (Å²) >= 11 is 0. The van der Waals surface area contributed by atoms with Crippen molar-refractivity contribution >= 4 is 10.9 Å². The zero-order valence-electron chi connectivity index (χ0n) is 13.9. The molecular formula is C20H16F3N3. The van der Waals surface area contributed by atoms with Crippen LogP contribution in [0.1, 0.15) is 16.8 Å². The van der Waals surface area contributed by atoms with Gasteiger partial charge in [-0.2, -0.15) is 18.4 Å². The standard InChI is InChI=1S/C20H16F3N3/c21-20(22,23)18-10-13(12-24)4-5-16(18)17-3-1-2-14-11-15-6-7-25-8-9-26(15)19(14)17/h1-5,10-11,25H,6-9H2. The lowest BCUT2D eigenvalue weighted by molar-refractivity contribution is -0.137. The number of halogens is 3. The van der Waals surface area contributed by atoms with Crippen molar-refractivity contribution in [2.45, 2.75) is 19.1 Å². The van der Waals surface area contributed by atoms with Crippen LogP contribution in [-0.4, -0.2) is 17.7 Å². The summed E-state index contributed by atoms with van der Waals surface area (Å²) in [5.41, 5.74) is 1.84. The molecule has 0 bridgehead atoms. The van der Waals surface area contributed by atoms with Crippen LogP contribution < -0.4 is 5.32 Å². The second-order valence-electron chi connectivity index (χ2n) is 6.40. The summed E-state index contributed by atoms with van der Waals surface area (Å²) in [6.07, 6.45) is -3.69. The number of para-hydroxylation sites is 1. The average molecular weight is 355 g/mol. The van der Waals surface area contributed by atoms with Gasteiger partial charge in [0.25, 0.3) is 0 Å². The maximum Gasteiger partial charge on any atom is 0.417 e. The van der Waals surface area contributed by atoms with Gasteiger partial charge in [0.05, 0.1) is 22.7 Å². The Labute approximate surface area is 148 Å². The van der Waals surface area contributed by atoms with Crippen LogP contribution in [0.4, 0.5) is 13.2 Å². The number of aromatic nitrogens is 1. The van der Waals surface area contributed by atoms with Crippen LogP contribution in [0.3, 0.4) is 0 Å². The largest absolute Gasteiger partial charge is 0.417 e. The van der Waals surface area contributed by atoms with Gasteiger partial charge in [-0.15, -0.1) is 0 Å². The predicted octanol–water partition coefficient (Wildman–Crippen LogP) is 4.34. The molecule has 1 aliphatic rings. The van der Waals surface area contributed by atoms with E-state index in [9.17, 15) is 13.2 Å². The van der Waals surface area contributed by atoms with Gasteiger partial charge < -0.3 is 9.88 Å². The maximum absolute atomic E-state index is 13.7. The van der Waals surface area contributed by atoms with Crippen molar-refractivity contribution in [1.29, 1.82) is 5.26 Å². The Morgan fingerprint density at radius 2 is 1.88 bits per heavy atom. The predicted molar refractivity (Wildman–Crippen MR) is 93.7 cm³/mol. The summed E-state index contributed by atoms with van der Waals surface area (Å²) in [6.45, 7) is 2.36. The highest BCUT2D eigenvalue weighted by atomic mass is 19.4. The van der Waals surface area contributed by atoms with Crippen molar-refractivity contribution in [3.05, 3.63) is 59.3 Å². The lowest BCUT2D eigenvalue weighted by atomic mass is 9.95. The zero-order valence-corrected chi connectivity index (χ0v) is 13.9. The number of fused-ring (bicyclic) bond motifs is 3. The Morgan fingerprint density at radius 1 is 1.04 bits per heavy atom. The Bertz CT molecular complexity index is 1030. The molecule has 1 aliphatic heterocycles. The van der Waals surface area contributed by atoms with E-state index in [0.717, 1.165) is 42.2 Å².